The smallest absolute Gasteiger partial charge is 0.254 e. The van der Waals surface area contributed by atoms with E-state index in [1.807, 2.05) is 31.0 Å². The molecule has 10 heteroatoms. The third-order valence-electron chi connectivity index (χ3n) is 8.25. The molecule has 2 atom stereocenters. The van der Waals surface area contributed by atoms with Crippen molar-refractivity contribution < 1.29 is 14.4 Å². The van der Waals surface area contributed by atoms with Crippen LogP contribution < -0.4 is 10.6 Å². The number of aromatic amines is 1. The Morgan fingerprint density at radius 3 is 2.61 bits per heavy atom. The van der Waals surface area contributed by atoms with E-state index in [1.165, 1.54) is 0 Å². The number of nitrogens with zero attached hydrogens (tertiary/aromatic N) is 3. The molecule has 41 heavy (non-hydrogen) atoms. The number of carbonyl (C=O) groups is 3. The Morgan fingerprint density at radius 1 is 1.07 bits per heavy atom. The minimum Gasteiger partial charge on any atom is -0.355 e. The van der Waals surface area contributed by atoms with E-state index in [0.29, 0.717) is 34.9 Å². The first-order chi connectivity index (χ1) is 19.8. The molecular weight excluding hydrogens is 540 g/mol. The molecule has 0 aliphatic carbocycles. The van der Waals surface area contributed by atoms with Gasteiger partial charge in [-0.15, -0.1) is 0 Å². The van der Waals surface area contributed by atoms with Crippen molar-refractivity contribution in [2.45, 2.75) is 64.0 Å². The summed E-state index contributed by atoms with van der Waals surface area (Å²) in [4.78, 5) is 50.9. The molecule has 3 amide bonds. The summed E-state index contributed by atoms with van der Waals surface area (Å²) >= 11 is 6.18. The number of carbonyl (C=O) groups excluding carboxylic acids is 3. The van der Waals surface area contributed by atoms with Gasteiger partial charge in [-0.2, -0.15) is 0 Å². The number of likely N-dealkylation sites (N-methyl/N-ethyl adjacent to an activating group) is 1. The predicted molar refractivity (Wildman–Crippen MR) is 160 cm³/mol. The molecule has 9 nitrogen and oxygen atoms in total. The molecule has 218 valence electrons. The van der Waals surface area contributed by atoms with E-state index in [4.69, 9.17) is 16.6 Å². The number of amides is 3. The topological polar surface area (TPSA) is 110 Å². The van der Waals surface area contributed by atoms with Crippen LogP contribution in [0.4, 0.5) is 0 Å². The summed E-state index contributed by atoms with van der Waals surface area (Å²) in [5.74, 6) is 0.544. The minimum absolute atomic E-state index is 0.0254. The Morgan fingerprint density at radius 2 is 1.88 bits per heavy atom. The van der Waals surface area contributed by atoms with Crippen molar-refractivity contribution in [1.29, 1.82) is 0 Å². The van der Waals surface area contributed by atoms with E-state index >= 15 is 0 Å². The van der Waals surface area contributed by atoms with Crippen molar-refractivity contribution in [3.05, 3.63) is 63.9 Å². The zero-order chi connectivity index (χ0) is 28.9. The highest BCUT2D eigenvalue weighted by atomic mass is 35.5. The van der Waals surface area contributed by atoms with Crippen LogP contribution in [-0.2, 0) is 4.79 Å². The first-order valence-corrected chi connectivity index (χ1v) is 15.0. The number of rotatable bonds is 10. The molecule has 0 bridgehead atoms. The molecule has 2 aromatic carbocycles. The van der Waals surface area contributed by atoms with E-state index in [0.717, 1.165) is 74.8 Å². The molecular formula is C31H39ClN6O3. The number of hydrogen-bond donors (Lipinski definition) is 3. The van der Waals surface area contributed by atoms with E-state index in [2.05, 4.69) is 20.5 Å². The average Bonchev–Trinajstić information content (AvgIpc) is 3.72. The SMILES string of the molecule is Cc1cc(C(=O)N[C@@H](CCCCNC(=O)C2CCCN2C)c2nc3ccc(Cl)cc3[nH]2)ccc1C(=O)N1CCCC1. The largest absolute Gasteiger partial charge is 0.355 e. The van der Waals surface area contributed by atoms with Crippen LogP contribution in [0.2, 0.25) is 5.02 Å². The Labute approximate surface area is 246 Å². The van der Waals surface area contributed by atoms with Gasteiger partial charge in [-0.05, 0) is 107 Å². The van der Waals surface area contributed by atoms with E-state index in [9.17, 15) is 14.4 Å². The Bertz CT molecular complexity index is 1420. The lowest BCUT2D eigenvalue weighted by atomic mass is 10.0. The first-order valence-electron chi connectivity index (χ1n) is 14.6. The van der Waals surface area contributed by atoms with Crippen molar-refractivity contribution in [2.24, 2.45) is 0 Å². The van der Waals surface area contributed by atoms with Gasteiger partial charge in [-0.1, -0.05) is 11.6 Å². The molecule has 0 saturated carbocycles. The second-order valence-electron chi connectivity index (χ2n) is 11.3. The lowest BCUT2D eigenvalue weighted by Gasteiger charge is -2.20. The lowest BCUT2D eigenvalue weighted by Crippen LogP contribution is -2.41. The first kappa shape index (κ1) is 29.1. The summed E-state index contributed by atoms with van der Waals surface area (Å²) in [6.07, 6.45) is 6.23. The van der Waals surface area contributed by atoms with E-state index < -0.39 is 0 Å². The maximum absolute atomic E-state index is 13.4. The number of halogens is 1. The second-order valence-corrected chi connectivity index (χ2v) is 11.7. The molecule has 2 fully saturated rings. The number of nitrogens with one attached hydrogen (secondary N) is 3. The number of benzene rings is 2. The van der Waals surface area contributed by atoms with Gasteiger partial charge in [-0.25, -0.2) is 4.98 Å². The van der Waals surface area contributed by atoms with E-state index in [1.54, 1.807) is 24.3 Å². The van der Waals surface area contributed by atoms with Gasteiger partial charge in [0, 0.05) is 35.8 Å². The van der Waals surface area contributed by atoms with Crippen molar-refractivity contribution in [1.82, 2.24) is 30.4 Å². The molecule has 2 aliphatic rings. The number of fused-ring (bicyclic) bond motifs is 1. The third kappa shape index (κ3) is 6.90. The van der Waals surface area contributed by atoms with Crippen molar-refractivity contribution in [3.8, 4) is 0 Å². The van der Waals surface area contributed by atoms with Gasteiger partial charge in [0.1, 0.15) is 5.82 Å². The Kier molecular flexibility index (Phi) is 9.25. The molecule has 1 aromatic heterocycles. The molecule has 3 heterocycles. The van der Waals surface area contributed by atoms with Gasteiger partial charge in [0.2, 0.25) is 5.91 Å². The summed E-state index contributed by atoms with van der Waals surface area (Å²) in [5.41, 5.74) is 3.50. The Hall–Kier alpha value is -3.43. The number of imidazole rings is 1. The second kappa shape index (κ2) is 13.0. The van der Waals surface area contributed by atoms with Gasteiger partial charge >= 0.3 is 0 Å². The van der Waals surface area contributed by atoms with Gasteiger partial charge in [0.15, 0.2) is 0 Å². The molecule has 1 unspecified atom stereocenters. The number of likely N-dealkylation sites (tertiary alicyclic amines) is 2. The highest BCUT2D eigenvalue weighted by Crippen LogP contribution is 2.24. The molecule has 0 spiro atoms. The standard InChI is InChI=1S/C31H39ClN6O3/c1-20-18-21(10-12-23(20)31(41)38-16-5-6-17-38)29(39)36-25(28-34-24-13-11-22(32)19-26(24)35-28)8-3-4-14-33-30(40)27-9-7-15-37(27)2/h10-13,18-19,25,27H,3-9,14-17H2,1-2H3,(H,33,40)(H,34,35)(H,36,39)/t25-,27?/m0/s1. The summed E-state index contributed by atoms with van der Waals surface area (Å²) < 4.78 is 0. The van der Waals surface area contributed by atoms with Crippen LogP contribution in [0.1, 0.15) is 83.1 Å². The van der Waals surface area contributed by atoms with Crippen molar-refractivity contribution >= 4 is 40.4 Å². The molecule has 2 aliphatic heterocycles. The van der Waals surface area contributed by atoms with Crippen LogP contribution in [0.3, 0.4) is 0 Å². The molecule has 0 radical (unpaired) electrons. The fourth-order valence-corrected chi connectivity index (χ4v) is 6.04. The molecule has 3 aromatic rings. The van der Waals surface area contributed by atoms with Crippen LogP contribution >= 0.6 is 11.6 Å². The molecule has 5 rings (SSSR count). The maximum Gasteiger partial charge on any atom is 0.254 e. The number of unbranched alkanes of at least 4 members (excludes halogenated alkanes) is 1. The highest BCUT2D eigenvalue weighted by molar-refractivity contribution is 6.31. The fraction of sp³-hybridized carbons (Fsp3) is 0.484. The predicted octanol–water partition coefficient (Wildman–Crippen LogP) is 4.61. The number of aryl methyl sites for hydroxylation is 1. The monoisotopic (exact) mass is 578 g/mol. The molecule has 2 saturated heterocycles. The zero-order valence-electron chi connectivity index (χ0n) is 23.8. The summed E-state index contributed by atoms with van der Waals surface area (Å²) in [5, 5.41) is 6.83. The number of aromatic nitrogens is 2. The van der Waals surface area contributed by atoms with Gasteiger partial charge in [0.25, 0.3) is 11.8 Å². The van der Waals surface area contributed by atoms with Gasteiger partial charge in [0.05, 0.1) is 23.1 Å². The van der Waals surface area contributed by atoms with Crippen LogP contribution in [0, 0.1) is 6.92 Å². The van der Waals surface area contributed by atoms with Crippen molar-refractivity contribution in [2.75, 3.05) is 33.2 Å². The third-order valence-corrected chi connectivity index (χ3v) is 8.49. The zero-order valence-corrected chi connectivity index (χ0v) is 24.6. The summed E-state index contributed by atoms with van der Waals surface area (Å²) in [6, 6.07) is 10.3. The van der Waals surface area contributed by atoms with Crippen LogP contribution in [-0.4, -0.2) is 76.8 Å². The number of H-pyrrole nitrogens is 1. The fourth-order valence-electron chi connectivity index (χ4n) is 5.87. The average molecular weight is 579 g/mol. The number of hydrogen-bond acceptors (Lipinski definition) is 5. The lowest BCUT2D eigenvalue weighted by molar-refractivity contribution is -0.125. The molecule has 3 N–H and O–H groups in total. The van der Waals surface area contributed by atoms with Gasteiger partial charge in [-0.3, -0.25) is 19.3 Å². The quantitative estimate of drug-likeness (QED) is 0.304. The highest BCUT2D eigenvalue weighted by Gasteiger charge is 2.27. The Balaban J connectivity index is 1.25. The van der Waals surface area contributed by atoms with Gasteiger partial charge < -0.3 is 20.5 Å². The summed E-state index contributed by atoms with van der Waals surface area (Å²) in [6.45, 7) is 4.99. The van der Waals surface area contributed by atoms with Crippen LogP contribution in [0.5, 0.6) is 0 Å². The van der Waals surface area contributed by atoms with Crippen LogP contribution in [0.25, 0.3) is 11.0 Å². The summed E-state index contributed by atoms with van der Waals surface area (Å²) in [7, 11) is 1.99. The van der Waals surface area contributed by atoms with E-state index in [-0.39, 0.29) is 29.8 Å². The van der Waals surface area contributed by atoms with Crippen LogP contribution in [0.15, 0.2) is 36.4 Å². The minimum atomic E-state index is -0.364. The normalized spacial score (nSPS) is 18.1. The van der Waals surface area contributed by atoms with Crippen molar-refractivity contribution in [3.63, 3.8) is 0 Å². The maximum atomic E-state index is 13.4.